The molecule has 0 spiro atoms. The maximum Gasteiger partial charge on any atom is 0.193 e. The summed E-state index contributed by atoms with van der Waals surface area (Å²) in [5.74, 6) is -0.454. The van der Waals surface area contributed by atoms with Gasteiger partial charge in [-0.2, -0.15) is 0 Å². The quantitative estimate of drug-likeness (QED) is 0.115. The number of hydrogen-bond donors (Lipinski definition) is 0. The minimum atomic E-state index is -0.227. The average Bonchev–Trinajstić information content (AvgIpc) is 4.01. The van der Waals surface area contributed by atoms with Crippen molar-refractivity contribution >= 4 is 89.3 Å². The lowest BCUT2D eigenvalue weighted by atomic mass is 9.93. The predicted octanol–water partition coefficient (Wildman–Crippen LogP) is 17.3. The fourth-order valence-corrected chi connectivity index (χ4v) is 10.7. The van der Waals surface area contributed by atoms with E-state index in [0.29, 0.717) is 22.3 Å². The van der Waals surface area contributed by atoms with E-state index in [2.05, 4.69) is 201 Å². The van der Waals surface area contributed by atoms with Gasteiger partial charge in [0.15, 0.2) is 11.6 Å². The van der Waals surface area contributed by atoms with Crippen LogP contribution >= 0.6 is 0 Å². The fraction of sp³-hybridized carbons (Fsp3) is 0. The van der Waals surface area contributed by atoms with E-state index in [1.165, 1.54) is 0 Å². The van der Waals surface area contributed by atoms with E-state index in [0.717, 1.165) is 89.1 Å². The van der Waals surface area contributed by atoms with Gasteiger partial charge < -0.3 is 18.9 Å². The summed E-state index contributed by atoms with van der Waals surface area (Å²) in [7, 11) is 0. The van der Waals surface area contributed by atoms with Crippen LogP contribution in [-0.4, -0.2) is 20.7 Å². The Morgan fingerprint density at radius 3 is 0.959 bits per heavy atom. The van der Waals surface area contributed by atoms with E-state index in [4.69, 9.17) is 0 Å². The standard InChI is InChI=1S/C68H46N4O2/c73-67(47-21-19-31-53(43-47)71-63-37-17-15-33-57(63)61-45-55(39-41-65(61)71)69(49-23-5-1-6-24-49)50-25-7-2-8-26-50)59-35-13-14-36-60(59)68(74)48-22-20-32-54(44-48)72-64-38-18-16-34-58(64)62-46-56(40-42-66(62)72)70(51-27-9-3-10-28-51)52-29-11-4-12-30-52/h1-46H. The molecule has 0 N–H and O–H groups in total. The molecule has 0 unspecified atom stereocenters. The topological polar surface area (TPSA) is 50.5 Å². The van der Waals surface area contributed by atoms with E-state index in [1.807, 2.05) is 84.9 Å². The van der Waals surface area contributed by atoms with Crippen molar-refractivity contribution < 1.29 is 9.59 Å². The molecule has 0 atom stereocenters. The van der Waals surface area contributed by atoms with Crippen molar-refractivity contribution in [2.24, 2.45) is 0 Å². The zero-order chi connectivity index (χ0) is 49.5. The molecule has 0 amide bonds. The number of aromatic nitrogens is 2. The number of carbonyl (C=O) groups is 2. The lowest BCUT2D eigenvalue weighted by Gasteiger charge is -2.25. The zero-order valence-electron chi connectivity index (χ0n) is 40.2. The Hall–Kier alpha value is -10.0. The lowest BCUT2D eigenvalue weighted by molar-refractivity contribution is 0.100. The van der Waals surface area contributed by atoms with Crippen LogP contribution in [0.4, 0.5) is 34.1 Å². The molecule has 0 aliphatic heterocycles. The predicted molar refractivity (Wildman–Crippen MR) is 304 cm³/mol. The number of ketones is 2. The molecule has 74 heavy (non-hydrogen) atoms. The third kappa shape index (κ3) is 7.70. The molecule has 2 heterocycles. The molecule has 0 bridgehead atoms. The van der Waals surface area contributed by atoms with Crippen molar-refractivity contribution in [3.8, 4) is 11.4 Å². The average molecular weight is 951 g/mol. The van der Waals surface area contributed by atoms with Crippen LogP contribution in [0.1, 0.15) is 31.8 Å². The minimum absolute atomic E-state index is 0.227. The Kier molecular flexibility index (Phi) is 11.1. The molecule has 13 aromatic rings. The van der Waals surface area contributed by atoms with Gasteiger partial charge in [0.2, 0.25) is 0 Å². The molecule has 11 aromatic carbocycles. The van der Waals surface area contributed by atoms with Crippen molar-refractivity contribution in [3.63, 3.8) is 0 Å². The number of rotatable bonds is 12. The third-order valence-corrected chi connectivity index (χ3v) is 14.0. The highest BCUT2D eigenvalue weighted by molar-refractivity contribution is 6.20. The summed E-state index contributed by atoms with van der Waals surface area (Å²) in [4.78, 5) is 34.3. The molecule has 2 aromatic heterocycles. The van der Waals surface area contributed by atoms with Crippen LogP contribution in [-0.2, 0) is 0 Å². The van der Waals surface area contributed by atoms with Crippen LogP contribution in [0.2, 0.25) is 0 Å². The normalized spacial score (nSPS) is 11.4. The van der Waals surface area contributed by atoms with Gasteiger partial charge in [-0.25, -0.2) is 0 Å². The molecule has 6 heteroatoms. The monoisotopic (exact) mass is 950 g/mol. The maximum atomic E-state index is 14.9. The van der Waals surface area contributed by atoms with Crippen LogP contribution in [0.25, 0.3) is 55.0 Å². The Bertz CT molecular complexity index is 3880. The van der Waals surface area contributed by atoms with E-state index in [9.17, 15) is 9.59 Å². The molecule has 0 saturated heterocycles. The highest BCUT2D eigenvalue weighted by Crippen LogP contribution is 2.42. The second kappa shape index (κ2) is 18.6. The molecule has 0 aliphatic carbocycles. The SMILES string of the molecule is O=C(c1cccc(-n2c3ccccc3c3cc(N(c4ccccc4)c4ccccc4)ccc32)c1)c1ccccc1C(=O)c1cccc(-n2c3ccccc3c3cc(N(c4ccccc4)c4ccccc4)ccc32)c1. The van der Waals surface area contributed by atoms with Crippen molar-refractivity contribution in [2.75, 3.05) is 9.80 Å². The fourth-order valence-electron chi connectivity index (χ4n) is 10.7. The molecule has 0 saturated carbocycles. The molecular weight excluding hydrogens is 905 g/mol. The first-order valence-electron chi connectivity index (χ1n) is 24.8. The van der Waals surface area contributed by atoms with Gasteiger partial charge in [-0.1, -0.05) is 158 Å². The molecule has 0 fully saturated rings. The Morgan fingerprint density at radius 1 is 0.257 bits per heavy atom. The molecular formula is C68H46N4O2. The van der Waals surface area contributed by atoms with Crippen LogP contribution in [0.15, 0.2) is 279 Å². The molecule has 0 radical (unpaired) electrons. The number of carbonyl (C=O) groups excluding carboxylic acids is 2. The number of anilines is 6. The number of nitrogens with zero attached hydrogens (tertiary/aromatic N) is 4. The van der Waals surface area contributed by atoms with Crippen molar-refractivity contribution in [2.45, 2.75) is 0 Å². The van der Waals surface area contributed by atoms with Gasteiger partial charge in [0.1, 0.15) is 0 Å². The van der Waals surface area contributed by atoms with Gasteiger partial charge >= 0.3 is 0 Å². The Morgan fingerprint density at radius 2 is 0.581 bits per heavy atom. The first kappa shape index (κ1) is 43.9. The highest BCUT2D eigenvalue weighted by atomic mass is 16.1. The summed E-state index contributed by atoms with van der Waals surface area (Å²) >= 11 is 0. The van der Waals surface area contributed by atoms with Gasteiger partial charge in [-0.05, 0) is 121 Å². The summed E-state index contributed by atoms with van der Waals surface area (Å²) in [5.41, 5.74) is 13.8. The summed E-state index contributed by atoms with van der Waals surface area (Å²) in [6, 6.07) is 94.3. The van der Waals surface area contributed by atoms with Crippen molar-refractivity contribution in [1.82, 2.24) is 9.13 Å². The first-order valence-corrected chi connectivity index (χ1v) is 24.8. The number of hydrogen-bond acceptors (Lipinski definition) is 4. The van der Waals surface area contributed by atoms with E-state index >= 15 is 0 Å². The first-order chi connectivity index (χ1) is 36.6. The Balaban J connectivity index is 0.850. The summed E-state index contributed by atoms with van der Waals surface area (Å²) in [6.45, 7) is 0. The van der Waals surface area contributed by atoms with Crippen LogP contribution in [0.5, 0.6) is 0 Å². The lowest BCUT2D eigenvalue weighted by Crippen LogP contribution is -2.12. The smallest absolute Gasteiger partial charge is 0.193 e. The van der Waals surface area contributed by atoms with Crippen LogP contribution in [0.3, 0.4) is 0 Å². The minimum Gasteiger partial charge on any atom is -0.310 e. The van der Waals surface area contributed by atoms with Crippen LogP contribution in [0, 0.1) is 0 Å². The number of fused-ring (bicyclic) bond motifs is 6. The van der Waals surface area contributed by atoms with Gasteiger partial charge in [-0.15, -0.1) is 0 Å². The second-order valence-electron chi connectivity index (χ2n) is 18.4. The Labute approximate surface area is 428 Å². The largest absolute Gasteiger partial charge is 0.310 e. The molecule has 0 aliphatic rings. The second-order valence-corrected chi connectivity index (χ2v) is 18.4. The number of benzene rings is 11. The third-order valence-electron chi connectivity index (χ3n) is 14.0. The van der Waals surface area contributed by atoms with E-state index < -0.39 is 0 Å². The van der Waals surface area contributed by atoms with Crippen molar-refractivity contribution in [3.05, 3.63) is 301 Å². The van der Waals surface area contributed by atoms with Gasteiger partial charge in [0, 0.05) is 89.3 Å². The summed E-state index contributed by atoms with van der Waals surface area (Å²) in [5, 5.41) is 4.38. The molecule has 6 nitrogen and oxygen atoms in total. The van der Waals surface area contributed by atoms with Gasteiger partial charge in [-0.3, -0.25) is 9.59 Å². The van der Waals surface area contributed by atoms with Gasteiger partial charge in [0.25, 0.3) is 0 Å². The van der Waals surface area contributed by atoms with Gasteiger partial charge in [0.05, 0.1) is 22.1 Å². The van der Waals surface area contributed by atoms with Crippen LogP contribution < -0.4 is 9.80 Å². The van der Waals surface area contributed by atoms with E-state index in [-0.39, 0.29) is 11.6 Å². The number of para-hydroxylation sites is 6. The zero-order valence-corrected chi connectivity index (χ0v) is 40.2. The summed E-state index contributed by atoms with van der Waals surface area (Å²) in [6.07, 6.45) is 0. The maximum absolute atomic E-state index is 14.9. The molecule has 13 rings (SSSR count). The highest BCUT2D eigenvalue weighted by Gasteiger charge is 2.23. The summed E-state index contributed by atoms with van der Waals surface area (Å²) < 4.78 is 4.45. The van der Waals surface area contributed by atoms with Crippen molar-refractivity contribution in [1.29, 1.82) is 0 Å². The van der Waals surface area contributed by atoms with E-state index in [1.54, 1.807) is 12.1 Å². The molecule has 350 valence electrons.